The lowest BCUT2D eigenvalue weighted by molar-refractivity contribution is 0.574. The summed E-state index contributed by atoms with van der Waals surface area (Å²) in [5.41, 5.74) is 7.18. The molecule has 0 spiro atoms. The van der Waals surface area contributed by atoms with Gasteiger partial charge in [-0.2, -0.15) is 13.1 Å². The van der Waals surface area contributed by atoms with Crippen molar-refractivity contribution < 1.29 is 8.42 Å². The number of hydrogen-bond acceptors (Lipinski definition) is 3. The van der Waals surface area contributed by atoms with Crippen LogP contribution in [-0.4, -0.2) is 27.5 Å². The average Bonchev–Trinajstić information content (AvgIpc) is 3.14. The van der Waals surface area contributed by atoms with E-state index in [0.717, 1.165) is 24.1 Å². The quantitative estimate of drug-likeness (QED) is 0.788. The van der Waals surface area contributed by atoms with Crippen molar-refractivity contribution >= 4 is 15.9 Å². The fraction of sp³-hybridized carbons (Fsp3) is 0.538. The second-order valence-corrected chi connectivity index (χ2v) is 6.52. The van der Waals surface area contributed by atoms with E-state index in [9.17, 15) is 8.42 Å². The van der Waals surface area contributed by atoms with Gasteiger partial charge in [0.05, 0.1) is 5.69 Å². The van der Waals surface area contributed by atoms with Gasteiger partial charge in [-0.3, -0.25) is 4.31 Å². The summed E-state index contributed by atoms with van der Waals surface area (Å²) in [5, 5.41) is 0. The van der Waals surface area contributed by atoms with E-state index in [2.05, 4.69) is 4.72 Å². The second kappa shape index (κ2) is 5.90. The molecule has 0 amide bonds. The SMILES string of the molecule is Cc1ccccc1N(CCCN)S(=O)(=O)NC1CC1. The molecule has 2 rings (SSSR count). The molecule has 1 aliphatic rings. The summed E-state index contributed by atoms with van der Waals surface area (Å²) < 4.78 is 29.0. The Morgan fingerprint density at radius 1 is 1.37 bits per heavy atom. The molecule has 6 heteroatoms. The van der Waals surface area contributed by atoms with E-state index in [1.54, 1.807) is 0 Å². The summed E-state index contributed by atoms with van der Waals surface area (Å²) in [4.78, 5) is 0. The van der Waals surface area contributed by atoms with Gasteiger partial charge in [0.25, 0.3) is 0 Å². The highest BCUT2D eigenvalue weighted by atomic mass is 32.2. The zero-order chi connectivity index (χ0) is 13.9. The van der Waals surface area contributed by atoms with Crippen LogP contribution in [0.4, 0.5) is 5.69 Å². The number of nitrogens with zero attached hydrogens (tertiary/aromatic N) is 1. The predicted molar refractivity (Wildman–Crippen MR) is 77.3 cm³/mol. The number of nitrogens with one attached hydrogen (secondary N) is 1. The number of aryl methyl sites for hydroxylation is 1. The van der Waals surface area contributed by atoms with Crippen molar-refractivity contribution in [3.05, 3.63) is 29.8 Å². The van der Waals surface area contributed by atoms with Crippen LogP contribution in [0.15, 0.2) is 24.3 Å². The van der Waals surface area contributed by atoms with Gasteiger partial charge < -0.3 is 5.73 Å². The lowest BCUT2D eigenvalue weighted by Gasteiger charge is -2.26. The Hall–Kier alpha value is -1.11. The molecule has 0 atom stereocenters. The zero-order valence-corrected chi connectivity index (χ0v) is 12.0. The number of anilines is 1. The minimum atomic E-state index is -3.48. The minimum Gasteiger partial charge on any atom is -0.330 e. The first-order chi connectivity index (χ1) is 9.04. The molecule has 0 aliphatic heterocycles. The maximum atomic E-state index is 12.4. The second-order valence-electron chi connectivity index (χ2n) is 4.90. The van der Waals surface area contributed by atoms with Crippen LogP contribution in [0.2, 0.25) is 0 Å². The first kappa shape index (κ1) is 14.3. The van der Waals surface area contributed by atoms with E-state index in [1.807, 2.05) is 31.2 Å². The summed E-state index contributed by atoms with van der Waals surface area (Å²) >= 11 is 0. The van der Waals surface area contributed by atoms with Crippen molar-refractivity contribution in [3.8, 4) is 0 Å². The van der Waals surface area contributed by atoms with E-state index in [4.69, 9.17) is 5.73 Å². The molecule has 1 aromatic carbocycles. The van der Waals surface area contributed by atoms with Gasteiger partial charge in [-0.05, 0) is 44.4 Å². The molecule has 1 aliphatic carbocycles. The maximum absolute atomic E-state index is 12.4. The van der Waals surface area contributed by atoms with Crippen molar-refractivity contribution in [2.24, 2.45) is 5.73 Å². The third-order valence-electron chi connectivity index (χ3n) is 3.13. The van der Waals surface area contributed by atoms with Gasteiger partial charge in [-0.1, -0.05) is 18.2 Å². The standard InChI is InChI=1S/C13H21N3O2S/c1-11-5-2-3-6-13(11)16(10-4-9-14)19(17,18)15-12-7-8-12/h2-3,5-6,12,15H,4,7-10,14H2,1H3. The van der Waals surface area contributed by atoms with E-state index < -0.39 is 10.2 Å². The summed E-state index contributed by atoms with van der Waals surface area (Å²) in [5.74, 6) is 0. The molecule has 0 saturated heterocycles. The third kappa shape index (κ3) is 3.68. The van der Waals surface area contributed by atoms with Crippen LogP contribution in [0.5, 0.6) is 0 Å². The largest absolute Gasteiger partial charge is 0.330 e. The molecular formula is C13H21N3O2S. The van der Waals surface area contributed by atoms with Gasteiger partial charge in [0.1, 0.15) is 0 Å². The Morgan fingerprint density at radius 2 is 2.05 bits per heavy atom. The molecule has 5 nitrogen and oxygen atoms in total. The normalized spacial score (nSPS) is 15.5. The van der Waals surface area contributed by atoms with Crippen LogP contribution < -0.4 is 14.8 Å². The van der Waals surface area contributed by atoms with Crippen LogP contribution in [0.25, 0.3) is 0 Å². The van der Waals surface area contributed by atoms with Crippen LogP contribution >= 0.6 is 0 Å². The molecule has 1 aromatic rings. The van der Waals surface area contributed by atoms with Crippen molar-refractivity contribution in [3.63, 3.8) is 0 Å². The smallest absolute Gasteiger partial charge is 0.301 e. The van der Waals surface area contributed by atoms with Gasteiger partial charge in [0.2, 0.25) is 0 Å². The van der Waals surface area contributed by atoms with Gasteiger partial charge in [-0.25, -0.2) is 0 Å². The Kier molecular flexibility index (Phi) is 4.44. The molecule has 0 aromatic heterocycles. The summed E-state index contributed by atoms with van der Waals surface area (Å²) in [6, 6.07) is 7.61. The lowest BCUT2D eigenvalue weighted by Crippen LogP contribution is -2.43. The molecule has 0 radical (unpaired) electrons. The maximum Gasteiger partial charge on any atom is 0.301 e. The fourth-order valence-corrected chi connectivity index (χ4v) is 3.54. The predicted octanol–water partition coefficient (Wildman–Crippen LogP) is 1.15. The molecule has 19 heavy (non-hydrogen) atoms. The highest BCUT2D eigenvalue weighted by Crippen LogP contribution is 2.25. The number of rotatable bonds is 7. The van der Waals surface area contributed by atoms with Crippen molar-refractivity contribution in [1.82, 2.24) is 4.72 Å². The van der Waals surface area contributed by atoms with Crippen molar-refractivity contribution in [1.29, 1.82) is 0 Å². The number of nitrogens with two attached hydrogens (primary N) is 1. The number of para-hydroxylation sites is 1. The molecule has 106 valence electrons. The van der Waals surface area contributed by atoms with Crippen LogP contribution in [0.1, 0.15) is 24.8 Å². The first-order valence-corrected chi connectivity index (χ1v) is 8.04. The topological polar surface area (TPSA) is 75.4 Å². The van der Waals surface area contributed by atoms with Crippen LogP contribution in [0.3, 0.4) is 0 Å². The van der Waals surface area contributed by atoms with Gasteiger partial charge in [0, 0.05) is 12.6 Å². The molecule has 0 bridgehead atoms. The fourth-order valence-electron chi connectivity index (χ4n) is 1.92. The van der Waals surface area contributed by atoms with E-state index in [-0.39, 0.29) is 6.04 Å². The molecule has 1 fully saturated rings. The van der Waals surface area contributed by atoms with Crippen LogP contribution in [-0.2, 0) is 10.2 Å². The summed E-state index contributed by atoms with van der Waals surface area (Å²) in [6.07, 6.45) is 2.50. The summed E-state index contributed by atoms with van der Waals surface area (Å²) in [7, 11) is -3.48. The molecule has 1 saturated carbocycles. The van der Waals surface area contributed by atoms with Crippen LogP contribution in [0, 0.1) is 6.92 Å². The van der Waals surface area contributed by atoms with Crippen molar-refractivity contribution in [2.45, 2.75) is 32.2 Å². The zero-order valence-electron chi connectivity index (χ0n) is 11.2. The molecular weight excluding hydrogens is 262 g/mol. The third-order valence-corrected chi connectivity index (χ3v) is 4.72. The highest BCUT2D eigenvalue weighted by Gasteiger charge is 2.31. The molecule has 0 heterocycles. The van der Waals surface area contributed by atoms with E-state index >= 15 is 0 Å². The summed E-state index contributed by atoms with van der Waals surface area (Å²) in [6.45, 7) is 2.79. The first-order valence-electron chi connectivity index (χ1n) is 6.60. The Balaban J connectivity index is 2.26. The van der Waals surface area contributed by atoms with Gasteiger partial charge in [-0.15, -0.1) is 0 Å². The monoisotopic (exact) mass is 283 g/mol. The average molecular weight is 283 g/mol. The highest BCUT2D eigenvalue weighted by molar-refractivity contribution is 7.90. The van der Waals surface area contributed by atoms with Gasteiger partial charge in [0.15, 0.2) is 0 Å². The number of benzene rings is 1. The Labute approximate surface area is 115 Å². The molecule has 0 unspecified atom stereocenters. The minimum absolute atomic E-state index is 0.106. The van der Waals surface area contributed by atoms with Crippen molar-refractivity contribution in [2.75, 3.05) is 17.4 Å². The Morgan fingerprint density at radius 3 is 2.63 bits per heavy atom. The van der Waals surface area contributed by atoms with Gasteiger partial charge >= 0.3 is 10.2 Å². The number of hydrogen-bond donors (Lipinski definition) is 2. The van der Waals surface area contributed by atoms with E-state index in [1.165, 1.54) is 4.31 Å². The molecule has 3 N–H and O–H groups in total. The Bertz CT molecular complexity index is 526. The van der Waals surface area contributed by atoms with E-state index in [0.29, 0.717) is 19.5 Å². The lowest BCUT2D eigenvalue weighted by atomic mass is 10.2.